The highest BCUT2D eigenvalue weighted by Gasteiger charge is 2.39. The molecular weight excluding hydrogens is 297 g/mol. The molecule has 0 aromatic carbocycles. The highest BCUT2D eigenvalue weighted by molar-refractivity contribution is 5.69. The molecule has 0 spiro atoms. The van der Waals surface area contributed by atoms with Gasteiger partial charge in [-0.1, -0.05) is 0 Å². The molecule has 0 bridgehead atoms. The number of hydrogen-bond donors (Lipinski definition) is 2. The summed E-state index contributed by atoms with van der Waals surface area (Å²) in [7, 11) is 0. The highest BCUT2D eigenvalue weighted by atomic mass is 19.1. The second-order valence-corrected chi connectivity index (χ2v) is 7.26. The zero-order valence-electron chi connectivity index (χ0n) is 14.3. The number of hydrogen-bond acceptors (Lipinski definition) is 4. The Labute approximate surface area is 137 Å². The van der Waals surface area contributed by atoms with E-state index in [1.54, 1.807) is 6.07 Å². The topological polar surface area (TPSA) is 63.2 Å². The number of alkyl carbamates (subject to hydrolysis) is 1. The van der Waals surface area contributed by atoms with Crippen LogP contribution < -0.4 is 10.6 Å². The maximum Gasteiger partial charge on any atom is 0.408 e. The van der Waals surface area contributed by atoms with E-state index in [4.69, 9.17) is 4.74 Å². The smallest absolute Gasteiger partial charge is 0.408 e. The van der Waals surface area contributed by atoms with Gasteiger partial charge in [0.25, 0.3) is 0 Å². The van der Waals surface area contributed by atoms with Crippen LogP contribution in [-0.4, -0.2) is 28.8 Å². The van der Waals surface area contributed by atoms with Crippen molar-refractivity contribution in [1.82, 2.24) is 15.6 Å². The minimum absolute atomic E-state index is 0.0199. The van der Waals surface area contributed by atoms with Gasteiger partial charge in [0.2, 0.25) is 0 Å². The fourth-order valence-electron chi connectivity index (χ4n) is 2.57. The van der Waals surface area contributed by atoms with Gasteiger partial charge in [0.1, 0.15) is 11.4 Å². The van der Waals surface area contributed by atoms with Gasteiger partial charge >= 0.3 is 6.09 Å². The summed E-state index contributed by atoms with van der Waals surface area (Å²) in [5, 5.41) is 6.37. The molecule has 1 aromatic rings. The normalized spacial score (nSPS) is 18.0. The summed E-state index contributed by atoms with van der Waals surface area (Å²) in [5.74, 6) is -0.344. The Hall–Kier alpha value is -1.69. The number of rotatable bonds is 5. The van der Waals surface area contributed by atoms with E-state index in [2.05, 4.69) is 15.6 Å². The van der Waals surface area contributed by atoms with Gasteiger partial charge in [-0.25, -0.2) is 9.18 Å². The lowest BCUT2D eigenvalue weighted by Gasteiger charge is -2.43. The fraction of sp³-hybridized carbons (Fsp3) is 0.647. The standard InChI is InChI=1S/C17H26FN3O2/c1-12(14-7-6-13(18)10-19-14)20-11-17(8-5-9-17)21-15(22)23-16(2,3)4/h6-7,10,12,20H,5,8-9,11H2,1-4H3,(H,21,22). The fourth-order valence-corrected chi connectivity index (χ4v) is 2.57. The summed E-state index contributed by atoms with van der Waals surface area (Å²) in [4.78, 5) is 16.1. The van der Waals surface area contributed by atoms with Crippen molar-refractivity contribution in [3.05, 3.63) is 29.8 Å². The molecule has 2 rings (SSSR count). The van der Waals surface area contributed by atoms with Crippen LogP contribution in [0, 0.1) is 5.82 Å². The molecule has 1 aromatic heterocycles. The third-order valence-electron chi connectivity index (χ3n) is 4.02. The van der Waals surface area contributed by atoms with Crippen molar-refractivity contribution in [1.29, 1.82) is 0 Å². The molecule has 2 N–H and O–H groups in total. The maximum absolute atomic E-state index is 12.9. The lowest BCUT2D eigenvalue weighted by atomic mass is 9.76. The average Bonchev–Trinajstić information content (AvgIpc) is 2.40. The van der Waals surface area contributed by atoms with Crippen LogP contribution in [-0.2, 0) is 4.74 Å². The predicted molar refractivity (Wildman–Crippen MR) is 86.6 cm³/mol. The number of halogens is 1. The second-order valence-electron chi connectivity index (χ2n) is 7.26. The van der Waals surface area contributed by atoms with Crippen LogP contribution in [0.5, 0.6) is 0 Å². The predicted octanol–water partition coefficient (Wildman–Crippen LogP) is 3.32. The Morgan fingerprint density at radius 1 is 1.43 bits per heavy atom. The van der Waals surface area contributed by atoms with Crippen molar-refractivity contribution in [3.63, 3.8) is 0 Å². The van der Waals surface area contributed by atoms with Crippen molar-refractivity contribution in [2.75, 3.05) is 6.54 Å². The van der Waals surface area contributed by atoms with E-state index < -0.39 is 5.60 Å². The van der Waals surface area contributed by atoms with Crippen LogP contribution >= 0.6 is 0 Å². The van der Waals surface area contributed by atoms with E-state index in [0.717, 1.165) is 25.0 Å². The molecule has 1 aliphatic carbocycles. The number of nitrogens with zero attached hydrogens (tertiary/aromatic N) is 1. The molecule has 128 valence electrons. The zero-order chi connectivity index (χ0) is 17.1. The van der Waals surface area contributed by atoms with Crippen LogP contribution in [0.15, 0.2) is 18.3 Å². The summed E-state index contributed by atoms with van der Waals surface area (Å²) in [5.41, 5.74) is 0.00264. The van der Waals surface area contributed by atoms with Gasteiger partial charge in [0, 0.05) is 12.6 Å². The zero-order valence-corrected chi connectivity index (χ0v) is 14.3. The highest BCUT2D eigenvalue weighted by Crippen LogP contribution is 2.32. The molecule has 1 amide bonds. The monoisotopic (exact) mass is 323 g/mol. The first-order valence-corrected chi connectivity index (χ1v) is 8.05. The molecule has 5 nitrogen and oxygen atoms in total. The molecule has 0 saturated heterocycles. The third kappa shape index (κ3) is 5.16. The van der Waals surface area contributed by atoms with Gasteiger partial charge in [0.15, 0.2) is 0 Å². The van der Waals surface area contributed by atoms with Gasteiger partial charge in [-0.3, -0.25) is 4.98 Å². The first-order chi connectivity index (χ1) is 10.7. The number of amides is 1. The van der Waals surface area contributed by atoms with Crippen molar-refractivity contribution in [2.24, 2.45) is 0 Å². The van der Waals surface area contributed by atoms with Crippen LogP contribution in [0.3, 0.4) is 0 Å². The second kappa shape index (κ2) is 6.83. The minimum Gasteiger partial charge on any atom is -0.444 e. The van der Waals surface area contributed by atoms with Crippen LogP contribution in [0.25, 0.3) is 0 Å². The molecule has 1 atom stereocenters. The summed E-state index contributed by atoms with van der Waals surface area (Å²) in [6, 6.07) is 3.05. The Bertz CT molecular complexity index is 536. The molecular formula is C17H26FN3O2. The lowest BCUT2D eigenvalue weighted by molar-refractivity contribution is 0.0379. The van der Waals surface area contributed by atoms with Crippen molar-refractivity contribution < 1.29 is 13.9 Å². The molecule has 6 heteroatoms. The van der Waals surface area contributed by atoms with E-state index in [1.165, 1.54) is 12.3 Å². The summed E-state index contributed by atoms with van der Waals surface area (Å²) in [6.45, 7) is 8.15. The molecule has 23 heavy (non-hydrogen) atoms. The molecule has 0 radical (unpaired) electrons. The Morgan fingerprint density at radius 2 is 2.13 bits per heavy atom. The Kier molecular flexibility index (Phi) is 5.24. The SMILES string of the molecule is CC(NCC1(NC(=O)OC(C)(C)C)CCC1)c1ccc(F)cn1. The molecule has 0 aliphatic heterocycles. The molecule has 1 saturated carbocycles. The van der Waals surface area contributed by atoms with E-state index in [0.29, 0.717) is 6.54 Å². The number of nitrogens with one attached hydrogen (secondary N) is 2. The maximum atomic E-state index is 12.9. The van der Waals surface area contributed by atoms with Gasteiger partial charge in [0.05, 0.1) is 17.4 Å². The quantitative estimate of drug-likeness (QED) is 0.872. The lowest BCUT2D eigenvalue weighted by Crippen LogP contribution is -2.60. The average molecular weight is 323 g/mol. The van der Waals surface area contributed by atoms with Crippen molar-refractivity contribution in [2.45, 2.75) is 64.1 Å². The Morgan fingerprint density at radius 3 is 2.61 bits per heavy atom. The van der Waals surface area contributed by atoms with Gasteiger partial charge < -0.3 is 15.4 Å². The van der Waals surface area contributed by atoms with E-state index >= 15 is 0 Å². The van der Waals surface area contributed by atoms with E-state index in [1.807, 2.05) is 27.7 Å². The van der Waals surface area contributed by atoms with E-state index in [-0.39, 0.29) is 23.5 Å². The number of pyridine rings is 1. The largest absolute Gasteiger partial charge is 0.444 e. The third-order valence-corrected chi connectivity index (χ3v) is 4.02. The first-order valence-electron chi connectivity index (χ1n) is 8.05. The Balaban J connectivity index is 1.89. The molecule has 1 aliphatic rings. The van der Waals surface area contributed by atoms with Crippen molar-refractivity contribution >= 4 is 6.09 Å². The van der Waals surface area contributed by atoms with Gasteiger partial charge in [-0.15, -0.1) is 0 Å². The number of aromatic nitrogens is 1. The number of ether oxygens (including phenoxy) is 1. The van der Waals surface area contributed by atoms with Gasteiger partial charge in [-0.05, 0) is 59.1 Å². The van der Waals surface area contributed by atoms with Crippen molar-refractivity contribution in [3.8, 4) is 0 Å². The summed E-state index contributed by atoms with van der Waals surface area (Å²) in [6.07, 6.45) is 3.75. The first kappa shape index (κ1) is 17.7. The summed E-state index contributed by atoms with van der Waals surface area (Å²) < 4.78 is 18.3. The molecule has 1 fully saturated rings. The molecule has 1 unspecified atom stereocenters. The molecule has 1 heterocycles. The van der Waals surface area contributed by atoms with Crippen LogP contribution in [0.2, 0.25) is 0 Å². The number of carbonyl (C=O) groups is 1. The van der Waals surface area contributed by atoms with E-state index in [9.17, 15) is 9.18 Å². The minimum atomic E-state index is -0.506. The number of carbonyl (C=O) groups excluding carboxylic acids is 1. The van der Waals surface area contributed by atoms with Crippen LogP contribution in [0.1, 0.15) is 58.7 Å². The summed E-state index contributed by atoms with van der Waals surface area (Å²) >= 11 is 0. The van der Waals surface area contributed by atoms with Crippen LogP contribution in [0.4, 0.5) is 9.18 Å². The van der Waals surface area contributed by atoms with Gasteiger partial charge in [-0.2, -0.15) is 0 Å².